The van der Waals surface area contributed by atoms with Gasteiger partial charge in [-0.3, -0.25) is 0 Å². The lowest BCUT2D eigenvalue weighted by molar-refractivity contribution is 0.340. The van der Waals surface area contributed by atoms with E-state index in [0.717, 1.165) is 39.5 Å². The van der Waals surface area contributed by atoms with Gasteiger partial charge in [-0.2, -0.15) is 0 Å². The van der Waals surface area contributed by atoms with Crippen LogP contribution in [-0.4, -0.2) is 26.4 Å². The maximum absolute atomic E-state index is 5.47. The third-order valence-corrected chi connectivity index (χ3v) is 5.19. The van der Waals surface area contributed by atoms with E-state index in [0.29, 0.717) is 6.61 Å². The van der Waals surface area contributed by atoms with Gasteiger partial charge in [0.25, 0.3) is 0 Å². The number of thioether (sulfide) groups is 1. The second-order valence-corrected chi connectivity index (χ2v) is 6.59. The number of thiazole rings is 1. The van der Waals surface area contributed by atoms with Gasteiger partial charge >= 0.3 is 0 Å². The van der Waals surface area contributed by atoms with Crippen LogP contribution in [-0.2, 0) is 12.3 Å². The summed E-state index contributed by atoms with van der Waals surface area (Å²) in [5.74, 6) is 1.69. The van der Waals surface area contributed by atoms with Crippen molar-refractivity contribution in [2.45, 2.75) is 31.3 Å². The van der Waals surface area contributed by atoms with Gasteiger partial charge < -0.3 is 9.30 Å². The molecule has 2 heterocycles. The molecule has 0 aliphatic carbocycles. The summed E-state index contributed by atoms with van der Waals surface area (Å²) >= 11 is 3.32. The summed E-state index contributed by atoms with van der Waals surface area (Å²) in [6.45, 7) is 5.63. The molecule has 7 heteroatoms. The van der Waals surface area contributed by atoms with Crippen molar-refractivity contribution >= 4 is 23.1 Å². The van der Waals surface area contributed by atoms with Crippen molar-refractivity contribution < 1.29 is 4.74 Å². The fraction of sp³-hybridized carbons (Fsp3) is 0.312. The molecule has 23 heavy (non-hydrogen) atoms. The molecule has 0 bridgehead atoms. The van der Waals surface area contributed by atoms with E-state index in [4.69, 9.17) is 9.72 Å². The van der Waals surface area contributed by atoms with E-state index in [2.05, 4.69) is 34.6 Å². The summed E-state index contributed by atoms with van der Waals surface area (Å²) in [6.07, 6.45) is 1.76. The SMILES string of the molecule is CCOc1ccc(-c2nc(CSc3nncn3CC)cs2)cc1. The van der Waals surface area contributed by atoms with Gasteiger partial charge in [-0.15, -0.1) is 21.5 Å². The molecule has 5 nitrogen and oxygen atoms in total. The largest absolute Gasteiger partial charge is 0.494 e. The summed E-state index contributed by atoms with van der Waals surface area (Å²) < 4.78 is 7.50. The van der Waals surface area contributed by atoms with Crippen LogP contribution in [0, 0.1) is 0 Å². The Labute approximate surface area is 143 Å². The Morgan fingerprint density at radius 3 is 2.78 bits per heavy atom. The second kappa shape index (κ2) is 7.61. The van der Waals surface area contributed by atoms with Crippen LogP contribution >= 0.6 is 23.1 Å². The Kier molecular flexibility index (Phi) is 5.30. The Morgan fingerprint density at radius 2 is 2.04 bits per heavy atom. The summed E-state index contributed by atoms with van der Waals surface area (Å²) in [6, 6.07) is 8.07. The number of rotatable bonds is 7. The predicted octanol–water partition coefficient (Wildman–Crippen LogP) is 4.11. The average molecular weight is 346 g/mol. The molecule has 2 aromatic heterocycles. The van der Waals surface area contributed by atoms with Crippen molar-refractivity contribution in [3.63, 3.8) is 0 Å². The second-order valence-electron chi connectivity index (χ2n) is 4.79. The molecule has 0 fully saturated rings. The zero-order valence-electron chi connectivity index (χ0n) is 13.1. The van der Waals surface area contributed by atoms with E-state index in [-0.39, 0.29) is 0 Å². The lowest BCUT2D eigenvalue weighted by Crippen LogP contribution is -1.94. The molecule has 0 amide bonds. The van der Waals surface area contributed by atoms with E-state index in [1.807, 2.05) is 23.6 Å². The van der Waals surface area contributed by atoms with E-state index in [9.17, 15) is 0 Å². The number of hydrogen-bond acceptors (Lipinski definition) is 6. The quantitative estimate of drug-likeness (QED) is 0.603. The Balaban J connectivity index is 1.65. The number of benzene rings is 1. The van der Waals surface area contributed by atoms with Gasteiger partial charge in [0.15, 0.2) is 5.16 Å². The van der Waals surface area contributed by atoms with E-state index >= 15 is 0 Å². The lowest BCUT2D eigenvalue weighted by atomic mass is 10.2. The molecule has 0 aliphatic heterocycles. The minimum Gasteiger partial charge on any atom is -0.494 e. The molecule has 0 atom stereocenters. The molecule has 0 saturated carbocycles. The van der Waals surface area contributed by atoms with Gasteiger partial charge in [0, 0.05) is 23.2 Å². The van der Waals surface area contributed by atoms with Gasteiger partial charge in [0.05, 0.1) is 12.3 Å². The molecule has 0 saturated heterocycles. The molecule has 0 unspecified atom stereocenters. The highest BCUT2D eigenvalue weighted by Crippen LogP contribution is 2.28. The summed E-state index contributed by atoms with van der Waals surface area (Å²) in [7, 11) is 0. The van der Waals surface area contributed by atoms with Crippen LogP contribution in [0.5, 0.6) is 5.75 Å². The van der Waals surface area contributed by atoms with Crippen LogP contribution in [0.2, 0.25) is 0 Å². The van der Waals surface area contributed by atoms with Crippen LogP contribution in [0.15, 0.2) is 41.1 Å². The third kappa shape index (κ3) is 3.92. The van der Waals surface area contributed by atoms with Crippen molar-refractivity contribution in [2.24, 2.45) is 0 Å². The number of aromatic nitrogens is 4. The van der Waals surface area contributed by atoms with E-state index < -0.39 is 0 Å². The minimum atomic E-state index is 0.681. The van der Waals surface area contributed by atoms with Gasteiger partial charge in [0.1, 0.15) is 17.1 Å². The molecule has 0 aliphatic rings. The maximum atomic E-state index is 5.47. The maximum Gasteiger partial charge on any atom is 0.191 e. The van der Waals surface area contributed by atoms with Crippen LogP contribution in [0.3, 0.4) is 0 Å². The van der Waals surface area contributed by atoms with Crippen LogP contribution in [0.25, 0.3) is 10.6 Å². The zero-order valence-corrected chi connectivity index (χ0v) is 14.7. The standard InChI is InChI=1S/C16H18N4OS2/c1-3-20-11-17-19-16(20)23-10-13-9-22-15(18-13)12-5-7-14(8-6-12)21-4-2/h5-9,11H,3-4,10H2,1-2H3. The van der Waals surface area contributed by atoms with Gasteiger partial charge in [-0.25, -0.2) is 4.98 Å². The molecular formula is C16H18N4OS2. The van der Waals surface area contributed by atoms with Crippen molar-refractivity contribution in [3.8, 4) is 16.3 Å². The molecule has 3 aromatic rings. The third-order valence-electron chi connectivity index (χ3n) is 3.23. The highest BCUT2D eigenvalue weighted by Gasteiger charge is 2.08. The topological polar surface area (TPSA) is 52.8 Å². The monoisotopic (exact) mass is 346 g/mol. The fourth-order valence-corrected chi connectivity index (χ4v) is 3.88. The minimum absolute atomic E-state index is 0.681. The molecular weight excluding hydrogens is 328 g/mol. The Bertz CT molecular complexity index is 752. The fourth-order valence-electron chi connectivity index (χ4n) is 2.08. The van der Waals surface area contributed by atoms with Gasteiger partial charge in [0.2, 0.25) is 0 Å². The van der Waals surface area contributed by atoms with Crippen LogP contribution in [0.1, 0.15) is 19.5 Å². The zero-order chi connectivity index (χ0) is 16.1. The van der Waals surface area contributed by atoms with E-state index in [1.165, 1.54) is 0 Å². The highest BCUT2D eigenvalue weighted by molar-refractivity contribution is 7.98. The number of hydrogen-bond donors (Lipinski definition) is 0. The Morgan fingerprint density at radius 1 is 1.22 bits per heavy atom. The molecule has 0 N–H and O–H groups in total. The first-order valence-corrected chi connectivity index (χ1v) is 9.35. The van der Waals surface area contributed by atoms with Gasteiger partial charge in [-0.05, 0) is 38.1 Å². The number of ether oxygens (including phenoxy) is 1. The normalized spacial score (nSPS) is 10.9. The van der Waals surface area contributed by atoms with Crippen molar-refractivity contribution in [1.29, 1.82) is 0 Å². The number of aryl methyl sites for hydroxylation is 1. The van der Waals surface area contributed by atoms with Crippen molar-refractivity contribution in [2.75, 3.05) is 6.61 Å². The first-order valence-electron chi connectivity index (χ1n) is 7.48. The lowest BCUT2D eigenvalue weighted by Gasteiger charge is -2.03. The van der Waals surface area contributed by atoms with Crippen LogP contribution in [0.4, 0.5) is 0 Å². The average Bonchev–Trinajstić information content (AvgIpc) is 3.23. The first-order chi connectivity index (χ1) is 11.3. The van der Waals surface area contributed by atoms with Crippen molar-refractivity contribution in [3.05, 3.63) is 41.7 Å². The smallest absolute Gasteiger partial charge is 0.191 e. The predicted molar refractivity (Wildman–Crippen MR) is 94.0 cm³/mol. The van der Waals surface area contributed by atoms with Crippen LogP contribution < -0.4 is 4.74 Å². The highest BCUT2D eigenvalue weighted by atomic mass is 32.2. The summed E-state index contributed by atoms with van der Waals surface area (Å²) in [4.78, 5) is 4.71. The Hall–Kier alpha value is -1.86. The first kappa shape index (κ1) is 16.0. The van der Waals surface area contributed by atoms with Crippen molar-refractivity contribution in [1.82, 2.24) is 19.7 Å². The molecule has 0 spiro atoms. The van der Waals surface area contributed by atoms with E-state index in [1.54, 1.807) is 29.4 Å². The van der Waals surface area contributed by atoms with Gasteiger partial charge in [-0.1, -0.05) is 11.8 Å². The summed E-state index contributed by atoms with van der Waals surface area (Å²) in [5.41, 5.74) is 2.18. The molecule has 120 valence electrons. The summed E-state index contributed by atoms with van der Waals surface area (Å²) in [5, 5.41) is 12.1. The molecule has 1 aromatic carbocycles. The molecule has 0 radical (unpaired) electrons. The number of nitrogens with zero attached hydrogens (tertiary/aromatic N) is 4. The molecule has 3 rings (SSSR count).